The molecule has 0 amide bonds. The topological polar surface area (TPSA) is 46.3 Å². The molecule has 0 aliphatic carbocycles. The van der Waals surface area contributed by atoms with Crippen LogP contribution in [-0.4, -0.2) is 29.8 Å². The van der Waals surface area contributed by atoms with E-state index >= 15 is 0 Å². The van der Waals surface area contributed by atoms with Crippen LogP contribution in [0, 0.1) is 0 Å². The molecule has 0 bridgehead atoms. The van der Waals surface area contributed by atoms with E-state index in [4.69, 9.17) is 5.73 Å². The van der Waals surface area contributed by atoms with Crippen molar-refractivity contribution in [3.63, 3.8) is 0 Å². The Morgan fingerprint density at radius 1 is 1.05 bits per heavy atom. The van der Waals surface area contributed by atoms with E-state index in [2.05, 4.69) is 4.90 Å². The number of carbonyl (C=O) groups excluding carboxylic acids is 1. The third-order valence-corrected chi connectivity index (χ3v) is 3.76. The van der Waals surface area contributed by atoms with Gasteiger partial charge in [-0.15, -0.1) is 24.8 Å². The van der Waals surface area contributed by atoms with E-state index in [0.717, 1.165) is 18.7 Å². The standard InChI is InChI=1S/C15H22N2O.2ClH/c1-12(17-10-4-2-3-5-11-17)15(18)13-6-8-14(16)9-7-13;;/h6-9,12H,2-5,10-11,16H2,1H3;2*1H. The van der Waals surface area contributed by atoms with Gasteiger partial charge in [-0.25, -0.2) is 0 Å². The molecule has 3 nitrogen and oxygen atoms in total. The van der Waals surface area contributed by atoms with Crippen molar-refractivity contribution in [2.45, 2.75) is 38.6 Å². The zero-order valence-corrected chi connectivity index (χ0v) is 13.5. The number of likely N-dealkylation sites (tertiary alicyclic amines) is 1. The molecule has 0 saturated carbocycles. The fourth-order valence-corrected chi connectivity index (χ4v) is 2.54. The van der Waals surface area contributed by atoms with Crippen LogP contribution in [0.2, 0.25) is 0 Å². The van der Waals surface area contributed by atoms with Gasteiger partial charge in [-0.1, -0.05) is 12.8 Å². The van der Waals surface area contributed by atoms with E-state index in [-0.39, 0.29) is 36.6 Å². The first-order chi connectivity index (χ1) is 8.68. The van der Waals surface area contributed by atoms with Crippen molar-refractivity contribution in [3.05, 3.63) is 29.8 Å². The van der Waals surface area contributed by atoms with Gasteiger partial charge in [0.25, 0.3) is 0 Å². The molecule has 20 heavy (non-hydrogen) atoms. The SMILES string of the molecule is CC(C(=O)c1ccc(N)cc1)N1CCCCCC1.Cl.Cl. The second-order valence-corrected chi connectivity index (χ2v) is 5.11. The lowest BCUT2D eigenvalue weighted by molar-refractivity contribution is 0.0843. The van der Waals surface area contributed by atoms with E-state index in [1.807, 2.05) is 19.1 Å². The first-order valence-corrected chi connectivity index (χ1v) is 6.82. The molecule has 0 aromatic heterocycles. The largest absolute Gasteiger partial charge is 0.399 e. The van der Waals surface area contributed by atoms with Crippen LogP contribution in [0.4, 0.5) is 5.69 Å². The maximum Gasteiger partial charge on any atom is 0.179 e. The molecule has 1 aliphatic heterocycles. The minimum Gasteiger partial charge on any atom is -0.399 e. The lowest BCUT2D eigenvalue weighted by atomic mass is 10.0. The van der Waals surface area contributed by atoms with Crippen molar-refractivity contribution in [2.75, 3.05) is 18.8 Å². The Kier molecular flexibility index (Phi) is 8.86. The van der Waals surface area contributed by atoms with Gasteiger partial charge in [0.15, 0.2) is 5.78 Å². The van der Waals surface area contributed by atoms with Crippen molar-refractivity contribution in [1.82, 2.24) is 4.90 Å². The predicted molar refractivity (Wildman–Crippen MR) is 89.2 cm³/mol. The van der Waals surface area contributed by atoms with Gasteiger partial charge in [-0.3, -0.25) is 9.69 Å². The van der Waals surface area contributed by atoms with Crippen LogP contribution in [0.1, 0.15) is 43.0 Å². The summed E-state index contributed by atoms with van der Waals surface area (Å²) in [7, 11) is 0. The molecule has 0 radical (unpaired) electrons. The van der Waals surface area contributed by atoms with Crippen molar-refractivity contribution >= 4 is 36.3 Å². The molecular formula is C15H24Cl2N2O. The highest BCUT2D eigenvalue weighted by molar-refractivity contribution is 6.00. The second kappa shape index (κ2) is 9.22. The zero-order valence-electron chi connectivity index (χ0n) is 11.9. The number of rotatable bonds is 3. The molecule has 1 aliphatic rings. The molecule has 114 valence electrons. The van der Waals surface area contributed by atoms with Gasteiger partial charge in [-0.2, -0.15) is 0 Å². The highest BCUT2D eigenvalue weighted by atomic mass is 35.5. The Labute approximate surface area is 133 Å². The maximum absolute atomic E-state index is 12.4. The normalized spacial score (nSPS) is 17.2. The average molecular weight is 319 g/mol. The summed E-state index contributed by atoms with van der Waals surface area (Å²) >= 11 is 0. The van der Waals surface area contributed by atoms with Gasteiger partial charge in [0.05, 0.1) is 6.04 Å². The van der Waals surface area contributed by atoms with Crippen LogP contribution in [0.25, 0.3) is 0 Å². The first-order valence-electron chi connectivity index (χ1n) is 6.82. The van der Waals surface area contributed by atoms with E-state index in [0.29, 0.717) is 5.69 Å². The summed E-state index contributed by atoms with van der Waals surface area (Å²) in [4.78, 5) is 14.7. The number of anilines is 1. The number of nitrogens with two attached hydrogens (primary N) is 1. The van der Waals surface area contributed by atoms with E-state index < -0.39 is 0 Å². The summed E-state index contributed by atoms with van der Waals surface area (Å²) in [5, 5.41) is 0. The molecule has 1 aromatic carbocycles. The third kappa shape index (κ3) is 4.97. The number of halogens is 2. The maximum atomic E-state index is 12.4. The van der Waals surface area contributed by atoms with E-state index in [1.165, 1.54) is 25.7 Å². The molecule has 0 spiro atoms. The number of benzene rings is 1. The number of Topliss-reactive ketones (excluding diaryl/α,β-unsaturated/α-hetero) is 1. The highest BCUT2D eigenvalue weighted by Gasteiger charge is 2.22. The van der Waals surface area contributed by atoms with Gasteiger partial charge in [0.1, 0.15) is 0 Å². The van der Waals surface area contributed by atoms with Gasteiger partial charge < -0.3 is 5.73 Å². The van der Waals surface area contributed by atoms with Crippen molar-refractivity contribution in [2.24, 2.45) is 0 Å². The van der Waals surface area contributed by atoms with Gasteiger partial charge in [0, 0.05) is 11.3 Å². The fraction of sp³-hybridized carbons (Fsp3) is 0.533. The second-order valence-electron chi connectivity index (χ2n) is 5.11. The Morgan fingerprint density at radius 2 is 1.55 bits per heavy atom. The van der Waals surface area contributed by atoms with Crippen LogP contribution in [0.15, 0.2) is 24.3 Å². The van der Waals surface area contributed by atoms with Crippen LogP contribution in [0.3, 0.4) is 0 Å². The molecule has 1 heterocycles. The molecule has 1 saturated heterocycles. The summed E-state index contributed by atoms with van der Waals surface area (Å²) in [5.41, 5.74) is 7.11. The average Bonchev–Trinajstić information content (AvgIpc) is 2.67. The Morgan fingerprint density at radius 3 is 2.05 bits per heavy atom. The zero-order chi connectivity index (χ0) is 13.0. The van der Waals surface area contributed by atoms with Crippen LogP contribution in [0.5, 0.6) is 0 Å². The Balaban J connectivity index is 0.00000180. The molecule has 2 rings (SSSR count). The monoisotopic (exact) mass is 318 g/mol. The van der Waals surface area contributed by atoms with E-state index in [1.54, 1.807) is 12.1 Å². The van der Waals surface area contributed by atoms with Gasteiger partial charge in [-0.05, 0) is 57.1 Å². The van der Waals surface area contributed by atoms with Crippen molar-refractivity contribution in [3.8, 4) is 0 Å². The summed E-state index contributed by atoms with van der Waals surface area (Å²) in [5.74, 6) is 0.205. The Bertz CT molecular complexity index is 401. The number of carbonyl (C=O) groups is 1. The Hall–Kier alpha value is -0.770. The molecule has 1 aromatic rings. The molecule has 1 atom stereocenters. The lowest BCUT2D eigenvalue weighted by Gasteiger charge is -2.26. The van der Waals surface area contributed by atoms with Gasteiger partial charge >= 0.3 is 0 Å². The summed E-state index contributed by atoms with van der Waals surface area (Å²) in [6.07, 6.45) is 5.00. The molecule has 1 fully saturated rings. The summed E-state index contributed by atoms with van der Waals surface area (Å²) in [6, 6.07) is 7.22. The number of nitrogen functional groups attached to an aromatic ring is 1. The lowest BCUT2D eigenvalue weighted by Crippen LogP contribution is -2.39. The predicted octanol–water partition coefficient (Wildman–Crippen LogP) is 3.56. The quantitative estimate of drug-likeness (QED) is 0.684. The first kappa shape index (κ1) is 19.2. The molecule has 2 N–H and O–H groups in total. The molecule has 1 unspecified atom stereocenters. The van der Waals surface area contributed by atoms with Crippen molar-refractivity contribution < 1.29 is 4.79 Å². The van der Waals surface area contributed by atoms with Gasteiger partial charge in [0.2, 0.25) is 0 Å². The van der Waals surface area contributed by atoms with Crippen LogP contribution in [-0.2, 0) is 0 Å². The molecule has 5 heteroatoms. The molecular weight excluding hydrogens is 295 g/mol. The van der Waals surface area contributed by atoms with Crippen LogP contribution >= 0.6 is 24.8 Å². The van der Waals surface area contributed by atoms with Crippen LogP contribution < -0.4 is 5.73 Å². The smallest absolute Gasteiger partial charge is 0.179 e. The number of ketones is 1. The fourth-order valence-electron chi connectivity index (χ4n) is 2.54. The highest BCUT2D eigenvalue weighted by Crippen LogP contribution is 2.16. The number of hydrogen-bond donors (Lipinski definition) is 1. The third-order valence-electron chi connectivity index (χ3n) is 3.76. The summed E-state index contributed by atoms with van der Waals surface area (Å²) in [6.45, 7) is 4.10. The number of hydrogen-bond acceptors (Lipinski definition) is 3. The van der Waals surface area contributed by atoms with Crippen molar-refractivity contribution in [1.29, 1.82) is 0 Å². The minimum absolute atomic E-state index is 0. The minimum atomic E-state index is -0.0216. The number of nitrogens with zero attached hydrogens (tertiary/aromatic N) is 1. The summed E-state index contributed by atoms with van der Waals surface area (Å²) < 4.78 is 0. The van der Waals surface area contributed by atoms with E-state index in [9.17, 15) is 4.79 Å².